The Morgan fingerprint density at radius 2 is 1.10 bits per heavy atom. The smallest absolute Gasteiger partial charge is 0.135 e. The van der Waals surface area contributed by atoms with Gasteiger partial charge in [0, 0.05) is 66.8 Å². The van der Waals surface area contributed by atoms with Gasteiger partial charge in [-0.05, 0) is 109 Å². The molecule has 0 unspecified atom stereocenters. The van der Waals surface area contributed by atoms with Gasteiger partial charge < -0.3 is 19.1 Å². The summed E-state index contributed by atoms with van der Waals surface area (Å²) in [6.45, 7) is 20.5. The summed E-state index contributed by atoms with van der Waals surface area (Å²) >= 11 is 0. The van der Waals surface area contributed by atoms with Crippen molar-refractivity contribution in [3.05, 3.63) is 211 Å². The van der Waals surface area contributed by atoms with E-state index in [9.17, 15) is 0 Å². The minimum absolute atomic E-state index is 0. The molecular weight excluding hydrogens is 1000 g/mol. The van der Waals surface area contributed by atoms with Crippen LogP contribution in [0.25, 0.3) is 49.2 Å². The molecule has 5 nitrogen and oxygen atoms in total. The maximum Gasteiger partial charge on any atom is 0.135 e. The van der Waals surface area contributed by atoms with Crippen molar-refractivity contribution in [3.63, 3.8) is 0 Å². The predicted molar refractivity (Wildman–Crippen MR) is 275 cm³/mol. The largest absolute Gasteiger partial charge is 0.509 e. The van der Waals surface area contributed by atoms with Crippen LogP contribution in [-0.4, -0.2) is 9.55 Å². The van der Waals surface area contributed by atoms with E-state index in [1.807, 2.05) is 24.4 Å². The van der Waals surface area contributed by atoms with Gasteiger partial charge in [-0.3, -0.25) is 0 Å². The molecule has 0 spiro atoms. The summed E-state index contributed by atoms with van der Waals surface area (Å²) in [6, 6.07) is 65.8. The molecule has 67 heavy (non-hydrogen) atoms. The van der Waals surface area contributed by atoms with Crippen LogP contribution in [0.15, 0.2) is 170 Å². The fraction of sp³-hybridized carbons (Fsp3) is 0.180. The summed E-state index contributed by atoms with van der Waals surface area (Å²) in [7, 11) is 0. The van der Waals surface area contributed by atoms with Crippen LogP contribution < -0.4 is 14.5 Å². The molecule has 0 aliphatic carbocycles. The third-order valence-corrected chi connectivity index (χ3v) is 13.4. The van der Waals surface area contributed by atoms with Crippen molar-refractivity contribution in [3.8, 4) is 17.3 Å². The zero-order valence-corrected chi connectivity index (χ0v) is 41.5. The number of benzene rings is 8. The van der Waals surface area contributed by atoms with Gasteiger partial charge in [0.2, 0.25) is 0 Å². The number of pyridine rings is 1. The SMILES string of the molecule is CC(C)(C)c1cc(N2[CH-]N(c3[c-]c(Oc4[c-]c5c(cc4)c4ccccc4n5-c4cc(C(C)(C)c5c6ccccc6cc6ccccc56)ccn4)ccc3)c3ccccc32)cc(C(C)(C)C)c1.[Pt]. The summed E-state index contributed by atoms with van der Waals surface area (Å²) in [5, 5.41) is 7.21. The summed E-state index contributed by atoms with van der Waals surface area (Å²) in [5.41, 5.74) is 10.9. The van der Waals surface area contributed by atoms with Gasteiger partial charge in [-0.25, -0.2) is 4.98 Å². The summed E-state index contributed by atoms with van der Waals surface area (Å²) in [4.78, 5) is 9.55. The fourth-order valence-corrected chi connectivity index (χ4v) is 9.81. The monoisotopic (exact) mass is 1050 g/mol. The normalized spacial score (nSPS) is 13.1. The Morgan fingerprint density at radius 3 is 1.78 bits per heavy atom. The molecule has 336 valence electrons. The minimum atomic E-state index is -0.355. The molecule has 0 amide bonds. The number of fused-ring (bicyclic) bond motifs is 6. The second kappa shape index (κ2) is 16.6. The zero-order chi connectivity index (χ0) is 45.5. The van der Waals surface area contributed by atoms with Gasteiger partial charge in [-0.15, -0.1) is 48.1 Å². The van der Waals surface area contributed by atoms with Crippen LogP contribution in [0.4, 0.5) is 22.7 Å². The second-order valence-corrected chi connectivity index (χ2v) is 20.3. The molecular formula is C61H53N4OPt-3. The molecule has 0 saturated carbocycles. The number of anilines is 4. The first-order chi connectivity index (χ1) is 31.7. The quantitative estimate of drug-likeness (QED) is 0.118. The van der Waals surface area contributed by atoms with E-state index in [4.69, 9.17) is 9.72 Å². The molecule has 8 aromatic carbocycles. The zero-order valence-electron chi connectivity index (χ0n) is 39.3. The molecule has 0 atom stereocenters. The van der Waals surface area contributed by atoms with E-state index in [2.05, 4.69) is 234 Å². The van der Waals surface area contributed by atoms with Crippen molar-refractivity contribution >= 4 is 66.1 Å². The fourth-order valence-electron chi connectivity index (χ4n) is 9.81. The number of ether oxygens (including phenoxy) is 1. The second-order valence-electron chi connectivity index (χ2n) is 20.3. The first-order valence-electron chi connectivity index (χ1n) is 22.9. The van der Waals surface area contributed by atoms with Crippen LogP contribution in [0.1, 0.15) is 77.6 Å². The summed E-state index contributed by atoms with van der Waals surface area (Å²) in [5.74, 6) is 2.03. The van der Waals surface area contributed by atoms with Gasteiger partial charge in [0.1, 0.15) is 5.82 Å². The molecule has 0 saturated heterocycles. The third-order valence-electron chi connectivity index (χ3n) is 13.4. The Labute approximate surface area is 408 Å². The molecule has 0 radical (unpaired) electrons. The van der Waals surface area contributed by atoms with Crippen molar-refractivity contribution in [2.24, 2.45) is 0 Å². The molecule has 1 aliphatic rings. The summed E-state index contributed by atoms with van der Waals surface area (Å²) in [6.07, 6.45) is 1.95. The molecule has 0 fully saturated rings. The van der Waals surface area contributed by atoms with E-state index in [-0.39, 0.29) is 37.3 Å². The van der Waals surface area contributed by atoms with Crippen molar-refractivity contribution in [1.29, 1.82) is 0 Å². The Bertz CT molecular complexity index is 3430. The van der Waals surface area contributed by atoms with Crippen molar-refractivity contribution < 1.29 is 25.8 Å². The van der Waals surface area contributed by atoms with E-state index in [1.54, 1.807) is 0 Å². The van der Waals surface area contributed by atoms with Crippen molar-refractivity contribution in [1.82, 2.24) is 9.55 Å². The van der Waals surface area contributed by atoms with Crippen molar-refractivity contribution in [2.75, 3.05) is 9.80 Å². The van der Waals surface area contributed by atoms with Gasteiger partial charge in [0.15, 0.2) is 0 Å². The number of hydrogen-bond acceptors (Lipinski definition) is 4. The molecule has 3 heterocycles. The van der Waals surface area contributed by atoms with Crippen LogP contribution in [0, 0.1) is 18.8 Å². The van der Waals surface area contributed by atoms with Gasteiger partial charge in [-0.1, -0.05) is 146 Å². The summed E-state index contributed by atoms with van der Waals surface area (Å²) < 4.78 is 8.92. The molecule has 0 N–H and O–H groups in total. The maximum absolute atomic E-state index is 6.70. The first-order valence-corrected chi connectivity index (χ1v) is 22.9. The van der Waals surface area contributed by atoms with Crippen LogP contribution >= 0.6 is 0 Å². The first kappa shape index (κ1) is 44.2. The Kier molecular flexibility index (Phi) is 10.9. The molecule has 10 aromatic rings. The van der Waals surface area contributed by atoms with Gasteiger partial charge in [0.25, 0.3) is 0 Å². The number of aromatic nitrogens is 2. The Morgan fingerprint density at radius 1 is 0.507 bits per heavy atom. The minimum Gasteiger partial charge on any atom is -0.509 e. The Hall–Kier alpha value is -6.68. The number of hydrogen-bond donors (Lipinski definition) is 0. The molecule has 2 aromatic heterocycles. The predicted octanol–water partition coefficient (Wildman–Crippen LogP) is 16.2. The molecule has 1 aliphatic heterocycles. The van der Waals surface area contributed by atoms with Crippen LogP contribution in [0.3, 0.4) is 0 Å². The van der Waals surface area contributed by atoms with Crippen molar-refractivity contribution in [2.45, 2.75) is 71.6 Å². The van der Waals surface area contributed by atoms with E-state index >= 15 is 0 Å². The van der Waals surface area contributed by atoms with E-state index in [0.717, 1.165) is 50.4 Å². The van der Waals surface area contributed by atoms with Gasteiger partial charge >= 0.3 is 0 Å². The third kappa shape index (κ3) is 7.78. The Balaban J connectivity index is 0.00000525. The number of para-hydroxylation sites is 3. The maximum atomic E-state index is 6.70. The van der Waals surface area contributed by atoms with E-state index in [0.29, 0.717) is 11.5 Å². The number of nitrogens with zero attached hydrogens (tertiary/aromatic N) is 4. The van der Waals surface area contributed by atoms with Gasteiger partial charge in [0.05, 0.1) is 0 Å². The van der Waals surface area contributed by atoms with Crippen LogP contribution in [0.2, 0.25) is 0 Å². The average Bonchev–Trinajstić information content (AvgIpc) is 3.86. The number of rotatable bonds is 7. The average molecular weight is 1050 g/mol. The van der Waals surface area contributed by atoms with E-state index < -0.39 is 0 Å². The van der Waals surface area contributed by atoms with Crippen LogP contribution in [0.5, 0.6) is 11.5 Å². The van der Waals surface area contributed by atoms with E-state index in [1.165, 1.54) is 43.8 Å². The topological polar surface area (TPSA) is 33.5 Å². The standard InChI is InChI=1S/C61H53N4O.Pt/c1-59(2,3)43-33-44(60(4,5)6)35-46(34-43)64-39-63(54-26-15-16-27-55(54)64)45-20-17-21-47(37-45)66-48-28-29-52-51-24-13-14-25-53(51)65(56(52)38-48)57-36-42(30-31-62-57)61(7,8)58-49-22-11-9-18-40(49)32-41-19-10-12-23-50(41)58;/h9-36,39H,1-8H3;/q-3;. The van der Waals surface area contributed by atoms with Crippen LogP contribution in [-0.2, 0) is 37.3 Å². The molecule has 11 rings (SSSR count). The molecule has 0 bridgehead atoms. The molecule has 6 heteroatoms. The van der Waals surface area contributed by atoms with Gasteiger partial charge in [-0.2, -0.15) is 12.1 Å².